The van der Waals surface area contributed by atoms with Crippen LogP contribution < -0.4 is 5.73 Å². The topological polar surface area (TPSA) is 38.9 Å². The van der Waals surface area contributed by atoms with E-state index in [-0.39, 0.29) is 6.04 Å². The minimum atomic E-state index is 0.0208. The zero-order valence-corrected chi connectivity index (χ0v) is 8.32. The monoisotopic (exact) mass is 182 g/mol. The van der Waals surface area contributed by atoms with Crippen LogP contribution in [0.25, 0.3) is 0 Å². The highest BCUT2D eigenvalue weighted by atomic mass is 32.1. The molecule has 1 heterocycles. The lowest BCUT2D eigenvalue weighted by Crippen LogP contribution is -2.10. The predicted molar refractivity (Wildman–Crippen MR) is 53.2 cm³/mol. The Morgan fingerprint density at radius 2 is 2.50 bits per heavy atom. The maximum Gasteiger partial charge on any atom is 0.0898 e. The first-order valence-electron chi connectivity index (χ1n) is 3.91. The van der Waals surface area contributed by atoms with Gasteiger partial charge in [0.2, 0.25) is 0 Å². The molecule has 1 rings (SSSR count). The number of aromatic nitrogens is 1. The van der Waals surface area contributed by atoms with Gasteiger partial charge < -0.3 is 5.73 Å². The van der Waals surface area contributed by atoms with Crippen molar-refractivity contribution in [3.05, 3.63) is 28.2 Å². The lowest BCUT2D eigenvalue weighted by Gasteiger charge is -2.07. The van der Waals surface area contributed by atoms with E-state index in [1.54, 1.807) is 11.3 Å². The molecule has 0 saturated heterocycles. The summed E-state index contributed by atoms with van der Waals surface area (Å²) in [5, 5.41) is 3.09. The number of nitrogens with zero attached hydrogens (tertiary/aromatic N) is 1. The van der Waals surface area contributed by atoms with Crippen molar-refractivity contribution in [1.29, 1.82) is 0 Å². The summed E-state index contributed by atoms with van der Waals surface area (Å²) in [7, 11) is 0. The van der Waals surface area contributed by atoms with E-state index < -0.39 is 0 Å². The molecule has 0 aliphatic rings. The van der Waals surface area contributed by atoms with Gasteiger partial charge in [-0.3, -0.25) is 0 Å². The van der Waals surface area contributed by atoms with Crippen LogP contribution in [-0.2, 0) is 0 Å². The van der Waals surface area contributed by atoms with Crippen molar-refractivity contribution in [2.45, 2.75) is 26.3 Å². The summed E-state index contributed by atoms with van der Waals surface area (Å²) >= 11 is 1.64. The van der Waals surface area contributed by atoms with Crippen LogP contribution in [0.4, 0.5) is 0 Å². The fourth-order valence-corrected chi connectivity index (χ4v) is 1.71. The van der Waals surface area contributed by atoms with E-state index in [0.29, 0.717) is 0 Å². The summed E-state index contributed by atoms with van der Waals surface area (Å²) in [5.41, 5.74) is 7.98. The molecule has 3 heteroatoms. The molecule has 2 N–H and O–H groups in total. The van der Waals surface area contributed by atoms with E-state index in [0.717, 1.165) is 22.7 Å². The van der Waals surface area contributed by atoms with Gasteiger partial charge in [-0.05, 0) is 20.3 Å². The second kappa shape index (κ2) is 3.83. The quantitative estimate of drug-likeness (QED) is 0.729. The van der Waals surface area contributed by atoms with Crippen molar-refractivity contribution in [1.82, 2.24) is 4.98 Å². The molecule has 0 spiro atoms. The molecule has 0 aliphatic carbocycles. The second-order valence-electron chi connectivity index (χ2n) is 3.06. The first kappa shape index (κ1) is 9.42. The van der Waals surface area contributed by atoms with Gasteiger partial charge in [0.25, 0.3) is 0 Å². The van der Waals surface area contributed by atoms with Crippen LogP contribution in [0, 0.1) is 6.92 Å². The Morgan fingerprint density at radius 3 is 2.92 bits per heavy atom. The average Bonchev–Trinajstić information content (AvgIpc) is 2.34. The van der Waals surface area contributed by atoms with Gasteiger partial charge >= 0.3 is 0 Å². The number of nitrogens with two attached hydrogens (primary N) is 1. The maximum atomic E-state index is 5.89. The molecule has 0 saturated carbocycles. The van der Waals surface area contributed by atoms with Crippen molar-refractivity contribution in [2.75, 3.05) is 0 Å². The standard InChI is InChI=1S/C9H14N2S/c1-6(2)4-8(10)9-5-12-7(3)11-9/h5,8H,1,4,10H2,2-3H3. The van der Waals surface area contributed by atoms with E-state index in [1.807, 2.05) is 19.2 Å². The van der Waals surface area contributed by atoms with E-state index in [2.05, 4.69) is 11.6 Å². The van der Waals surface area contributed by atoms with Crippen LogP contribution in [0.5, 0.6) is 0 Å². The van der Waals surface area contributed by atoms with Gasteiger partial charge in [-0.15, -0.1) is 17.9 Å². The Hall–Kier alpha value is -0.670. The Kier molecular flexibility index (Phi) is 3.00. The van der Waals surface area contributed by atoms with Gasteiger partial charge in [-0.25, -0.2) is 4.98 Å². The third kappa shape index (κ3) is 2.43. The summed E-state index contributed by atoms with van der Waals surface area (Å²) in [4.78, 5) is 4.32. The van der Waals surface area contributed by atoms with E-state index in [4.69, 9.17) is 5.73 Å². The molecule has 1 unspecified atom stereocenters. The summed E-state index contributed by atoms with van der Waals surface area (Å²) in [6, 6.07) is 0.0208. The highest BCUT2D eigenvalue weighted by molar-refractivity contribution is 7.09. The third-order valence-corrected chi connectivity index (χ3v) is 2.38. The SMILES string of the molecule is C=C(C)CC(N)c1csc(C)n1. The molecule has 2 nitrogen and oxygen atoms in total. The van der Waals surface area contributed by atoms with Gasteiger partial charge in [0.1, 0.15) is 0 Å². The van der Waals surface area contributed by atoms with Crippen LogP contribution in [0.1, 0.15) is 30.1 Å². The molecule has 0 fully saturated rings. The molecule has 0 radical (unpaired) electrons. The fourth-order valence-electron chi connectivity index (χ4n) is 1.03. The molecular formula is C9H14N2S. The molecule has 66 valence electrons. The minimum absolute atomic E-state index is 0.0208. The highest BCUT2D eigenvalue weighted by Crippen LogP contribution is 2.19. The predicted octanol–water partition coefficient (Wildman–Crippen LogP) is 2.42. The van der Waals surface area contributed by atoms with Crippen molar-refractivity contribution in [3.63, 3.8) is 0 Å². The van der Waals surface area contributed by atoms with Crippen molar-refractivity contribution < 1.29 is 0 Å². The molecule has 0 aromatic carbocycles. The van der Waals surface area contributed by atoms with Gasteiger partial charge in [-0.1, -0.05) is 5.57 Å². The number of hydrogen-bond donors (Lipinski definition) is 1. The zero-order chi connectivity index (χ0) is 9.14. The van der Waals surface area contributed by atoms with Crippen molar-refractivity contribution >= 4 is 11.3 Å². The Morgan fingerprint density at radius 1 is 1.83 bits per heavy atom. The molecule has 0 amide bonds. The Bertz CT molecular complexity index is 278. The van der Waals surface area contributed by atoms with Crippen molar-refractivity contribution in [2.24, 2.45) is 5.73 Å². The first-order chi connectivity index (χ1) is 5.59. The maximum absolute atomic E-state index is 5.89. The Balaban J connectivity index is 2.64. The van der Waals surface area contributed by atoms with Gasteiger partial charge in [0.15, 0.2) is 0 Å². The van der Waals surface area contributed by atoms with E-state index in [1.165, 1.54) is 0 Å². The number of hydrogen-bond acceptors (Lipinski definition) is 3. The Labute approximate surface area is 77.1 Å². The third-order valence-electron chi connectivity index (χ3n) is 1.59. The molecule has 0 bridgehead atoms. The van der Waals surface area contributed by atoms with Crippen LogP contribution in [-0.4, -0.2) is 4.98 Å². The summed E-state index contributed by atoms with van der Waals surface area (Å²) in [6.45, 7) is 7.80. The number of aryl methyl sites for hydroxylation is 1. The van der Waals surface area contributed by atoms with Gasteiger partial charge in [0, 0.05) is 5.38 Å². The summed E-state index contributed by atoms with van der Waals surface area (Å²) in [5.74, 6) is 0. The summed E-state index contributed by atoms with van der Waals surface area (Å²) < 4.78 is 0. The average molecular weight is 182 g/mol. The second-order valence-corrected chi connectivity index (χ2v) is 4.12. The summed E-state index contributed by atoms with van der Waals surface area (Å²) in [6.07, 6.45) is 0.823. The number of thiazole rings is 1. The molecule has 1 aromatic heterocycles. The molecule has 1 atom stereocenters. The lowest BCUT2D eigenvalue weighted by molar-refractivity contribution is 0.696. The van der Waals surface area contributed by atoms with Gasteiger partial charge in [-0.2, -0.15) is 0 Å². The molecule has 1 aromatic rings. The lowest BCUT2D eigenvalue weighted by atomic mass is 10.1. The first-order valence-corrected chi connectivity index (χ1v) is 4.79. The largest absolute Gasteiger partial charge is 0.322 e. The van der Waals surface area contributed by atoms with Crippen molar-refractivity contribution in [3.8, 4) is 0 Å². The van der Waals surface area contributed by atoms with Crippen LogP contribution >= 0.6 is 11.3 Å². The van der Waals surface area contributed by atoms with Crippen LogP contribution in [0.3, 0.4) is 0 Å². The van der Waals surface area contributed by atoms with E-state index >= 15 is 0 Å². The fraction of sp³-hybridized carbons (Fsp3) is 0.444. The van der Waals surface area contributed by atoms with E-state index in [9.17, 15) is 0 Å². The minimum Gasteiger partial charge on any atom is -0.322 e. The molecule has 0 aliphatic heterocycles. The highest BCUT2D eigenvalue weighted by Gasteiger charge is 2.08. The molecular weight excluding hydrogens is 168 g/mol. The normalized spacial score (nSPS) is 12.9. The number of rotatable bonds is 3. The smallest absolute Gasteiger partial charge is 0.0898 e. The molecule has 12 heavy (non-hydrogen) atoms. The zero-order valence-electron chi connectivity index (χ0n) is 7.50. The van der Waals surface area contributed by atoms with Gasteiger partial charge in [0.05, 0.1) is 16.7 Å². The van der Waals surface area contributed by atoms with Crippen LogP contribution in [0.15, 0.2) is 17.5 Å². The van der Waals surface area contributed by atoms with Crippen LogP contribution in [0.2, 0.25) is 0 Å².